The van der Waals surface area contributed by atoms with Crippen LogP contribution in [-0.4, -0.2) is 23.6 Å². The molecule has 2 heterocycles. The zero-order valence-electron chi connectivity index (χ0n) is 11.3. The van der Waals surface area contributed by atoms with Crippen LogP contribution in [0.4, 0.5) is 0 Å². The van der Waals surface area contributed by atoms with Gasteiger partial charge in [-0.2, -0.15) is 0 Å². The van der Waals surface area contributed by atoms with Crippen molar-refractivity contribution in [1.82, 2.24) is 15.3 Å². The maximum absolute atomic E-state index is 5.62. The lowest BCUT2D eigenvalue weighted by atomic mass is 10.0. The normalized spacial score (nSPS) is 12.1. The van der Waals surface area contributed by atoms with Crippen LogP contribution in [-0.2, 0) is 0 Å². The number of pyridine rings is 2. The van der Waals surface area contributed by atoms with E-state index in [1.807, 2.05) is 31.4 Å². The van der Waals surface area contributed by atoms with Gasteiger partial charge in [-0.15, -0.1) is 0 Å². The monoisotopic (exact) mass is 257 g/mol. The standard InChI is InChI=1S/C15H19N3O/c1-3-8-19-14-9-13(10-18-11-14)15(16-2)12-4-6-17-7-5-12/h4-7,9-11,15-16H,3,8H2,1-2H3. The van der Waals surface area contributed by atoms with Crippen molar-refractivity contribution in [2.45, 2.75) is 19.4 Å². The van der Waals surface area contributed by atoms with Crippen LogP contribution in [0.25, 0.3) is 0 Å². The minimum Gasteiger partial charge on any atom is -0.492 e. The first-order valence-electron chi connectivity index (χ1n) is 6.50. The van der Waals surface area contributed by atoms with E-state index in [-0.39, 0.29) is 6.04 Å². The van der Waals surface area contributed by atoms with Crippen molar-refractivity contribution in [2.75, 3.05) is 13.7 Å². The summed E-state index contributed by atoms with van der Waals surface area (Å²) in [6, 6.07) is 6.13. The van der Waals surface area contributed by atoms with E-state index in [1.54, 1.807) is 18.6 Å². The Labute approximate surface area is 113 Å². The summed E-state index contributed by atoms with van der Waals surface area (Å²) in [5, 5.41) is 3.29. The fraction of sp³-hybridized carbons (Fsp3) is 0.333. The van der Waals surface area contributed by atoms with Crippen molar-refractivity contribution in [3.63, 3.8) is 0 Å². The van der Waals surface area contributed by atoms with Gasteiger partial charge in [0.25, 0.3) is 0 Å². The van der Waals surface area contributed by atoms with Gasteiger partial charge in [0.05, 0.1) is 18.8 Å². The fourth-order valence-electron chi connectivity index (χ4n) is 1.97. The molecule has 0 saturated heterocycles. The summed E-state index contributed by atoms with van der Waals surface area (Å²) < 4.78 is 5.62. The first kappa shape index (κ1) is 13.5. The minimum atomic E-state index is 0.0978. The third-order valence-electron chi connectivity index (χ3n) is 2.87. The molecule has 4 heteroatoms. The summed E-state index contributed by atoms with van der Waals surface area (Å²) in [6.07, 6.45) is 8.19. The molecule has 4 nitrogen and oxygen atoms in total. The Morgan fingerprint density at radius 1 is 1.16 bits per heavy atom. The molecule has 0 aliphatic heterocycles. The zero-order valence-corrected chi connectivity index (χ0v) is 11.3. The van der Waals surface area contributed by atoms with Gasteiger partial charge in [0.15, 0.2) is 0 Å². The van der Waals surface area contributed by atoms with Crippen LogP contribution < -0.4 is 10.1 Å². The molecular formula is C15H19N3O. The summed E-state index contributed by atoms with van der Waals surface area (Å²) in [5.74, 6) is 0.814. The van der Waals surface area contributed by atoms with Gasteiger partial charge >= 0.3 is 0 Å². The highest BCUT2D eigenvalue weighted by Crippen LogP contribution is 2.23. The second-order valence-corrected chi connectivity index (χ2v) is 4.30. The number of nitrogens with zero attached hydrogens (tertiary/aromatic N) is 2. The van der Waals surface area contributed by atoms with Crippen LogP contribution in [0.15, 0.2) is 43.0 Å². The molecule has 2 rings (SSSR count). The topological polar surface area (TPSA) is 47.0 Å². The maximum atomic E-state index is 5.62. The smallest absolute Gasteiger partial charge is 0.137 e. The second kappa shape index (κ2) is 6.85. The van der Waals surface area contributed by atoms with E-state index in [0.29, 0.717) is 6.61 Å². The number of rotatable bonds is 6. The van der Waals surface area contributed by atoms with Gasteiger partial charge in [-0.1, -0.05) is 6.92 Å². The summed E-state index contributed by atoms with van der Waals surface area (Å²) >= 11 is 0. The summed E-state index contributed by atoms with van der Waals surface area (Å²) in [7, 11) is 1.94. The van der Waals surface area contributed by atoms with Gasteiger partial charge in [-0.25, -0.2) is 0 Å². The molecule has 1 unspecified atom stereocenters. The molecule has 0 radical (unpaired) electrons. The predicted octanol–water partition coefficient (Wildman–Crippen LogP) is 2.57. The molecule has 1 N–H and O–H groups in total. The van der Waals surface area contributed by atoms with Crippen LogP contribution in [0.3, 0.4) is 0 Å². The van der Waals surface area contributed by atoms with E-state index in [9.17, 15) is 0 Å². The molecule has 0 bridgehead atoms. The van der Waals surface area contributed by atoms with Gasteiger partial charge in [0, 0.05) is 18.6 Å². The third kappa shape index (κ3) is 3.51. The quantitative estimate of drug-likeness (QED) is 0.864. The van der Waals surface area contributed by atoms with Crippen LogP contribution in [0.2, 0.25) is 0 Å². The summed E-state index contributed by atoms with van der Waals surface area (Å²) in [6.45, 7) is 2.80. The minimum absolute atomic E-state index is 0.0978. The molecule has 100 valence electrons. The van der Waals surface area contributed by atoms with Crippen molar-refractivity contribution in [3.05, 3.63) is 54.1 Å². The number of ether oxygens (including phenoxy) is 1. The highest BCUT2D eigenvalue weighted by Gasteiger charge is 2.12. The average Bonchev–Trinajstić information content (AvgIpc) is 2.47. The molecule has 0 aromatic carbocycles. The molecule has 0 amide bonds. The van der Waals surface area contributed by atoms with Crippen LogP contribution >= 0.6 is 0 Å². The Balaban J connectivity index is 2.23. The van der Waals surface area contributed by atoms with Crippen LogP contribution in [0.5, 0.6) is 5.75 Å². The molecule has 1 atom stereocenters. The Hall–Kier alpha value is -1.94. The second-order valence-electron chi connectivity index (χ2n) is 4.30. The number of nitrogens with one attached hydrogen (secondary N) is 1. The van der Waals surface area contributed by atoms with Gasteiger partial charge < -0.3 is 10.1 Å². The Bertz CT molecular complexity index is 502. The SMILES string of the molecule is CCCOc1cncc(C(NC)c2ccncc2)c1. The van der Waals surface area contributed by atoms with E-state index < -0.39 is 0 Å². The zero-order chi connectivity index (χ0) is 13.5. The lowest BCUT2D eigenvalue weighted by Gasteiger charge is -2.17. The Kier molecular flexibility index (Phi) is 4.86. The number of aromatic nitrogens is 2. The molecule has 2 aromatic heterocycles. The summed E-state index contributed by atoms with van der Waals surface area (Å²) in [4.78, 5) is 8.30. The average molecular weight is 257 g/mol. The molecule has 19 heavy (non-hydrogen) atoms. The van der Waals surface area contributed by atoms with Gasteiger partial charge in [-0.3, -0.25) is 9.97 Å². The molecule has 2 aromatic rings. The van der Waals surface area contributed by atoms with E-state index in [1.165, 1.54) is 0 Å². The van der Waals surface area contributed by atoms with Crippen molar-refractivity contribution < 1.29 is 4.74 Å². The van der Waals surface area contributed by atoms with Crippen LogP contribution in [0.1, 0.15) is 30.5 Å². The molecule has 0 spiro atoms. The molecule has 0 aliphatic carbocycles. The Morgan fingerprint density at radius 3 is 2.63 bits per heavy atom. The van der Waals surface area contributed by atoms with Gasteiger partial charge in [-0.05, 0) is 42.8 Å². The van der Waals surface area contributed by atoms with Crippen molar-refractivity contribution >= 4 is 0 Å². The highest BCUT2D eigenvalue weighted by molar-refractivity contribution is 5.33. The number of hydrogen-bond donors (Lipinski definition) is 1. The van der Waals surface area contributed by atoms with E-state index in [4.69, 9.17) is 4.74 Å². The van der Waals surface area contributed by atoms with E-state index in [0.717, 1.165) is 23.3 Å². The first-order chi connectivity index (χ1) is 9.35. The maximum Gasteiger partial charge on any atom is 0.137 e. The van der Waals surface area contributed by atoms with E-state index >= 15 is 0 Å². The van der Waals surface area contributed by atoms with Gasteiger partial charge in [0.2, 0.25) is 0 Å². The predicted molar refractivity (Wildman–Crippen MR) is 75.2 cm³/mol. The van der Waals surface area contributed by atoms with Crippen molar-refractivity contribution in [2.24, 2.45) is 0 Å². The van der Waals surface area contributed by atoms with Crippen molar-refractivity contribution in [3.8, 4) is 5.75 Å². The van der Waals surface area contributed by atoms with Crippen LogP contribution in [0, 0.1) is 0 Å². The summed E-state index contributed by atoms with van der Waals surface area (Å²) in [5.41, 5.74) is 2.24. The fourth-order valence-corrected chi connectivity index (χ4v) is 1.97. The first-order valence-corrected chi connectivity index (χ1v) is 6.50. The highest BCUT2D eigenvalue weighted by atomic mass is 16.5. The lowest BCUT2D eigenvalue weighted by Crippen LogP contribution is -2.18. The van der Waals surface area contributed by atoms with E-state index in [2.05, 4.69) is 22.2 Å². The molecule has 0 aliphatic rings. The molecule has 0 fully saturated rings. The lowest BCUT2D eigenvalue weighted by molar-refractivity contribution is 0.315. The third-order valence-corrected chi connectivity index (χ3v) is 2.87. The molecule has 0 saturated carbocycles. The largest absolute Gasteiger partial charge is 0.492 e. The van der Waals surface area contributed by atoms with Crippen molar-refractivity contribution in [1.29, 1.82) is 0 Å². The van der Waals surface area contributed by atoms with Gasteiger partial charge in [0.1, 0.15) is 5.75 Å². The Morgan fingerprint density at radius 2 is 1.95 bits per heavy atom. The molecular weight excluding hydrogens is 238 g/mol. The number of hydrogen-bond acceptors (Lipinski definition) is 4.